The number of hydrogen-bond acceptors (Lipinski definition) is 3. The van der Waals surface area contributed by atoms with E-state index in [4.69, 9.17) is 21.7 Å². The Kier molecular flexibility index (Phi) is 2.56. The molecule has 1 N–H and O–H groups in total. The maximum Gasteiger partial charge on any atom is 0.138 e. The monoisotopic (exact) mass is 220 g/mol. The summed E-state index contributed by atoms with van der Waals surface area (Å²) < 4.78 is 5.09. The molecule has 0 unspecified atom stereocenters. The first kappa shape index (κ1) is 9.93. The summed E-state index contributed by atoms with van der Waals surface area (Å²) in [5.74, 6) is 0.744. The topological polar surface area (TPSA) is 46.0 Å². The van der Waals surface area contributed by atoms with Gasteiger partial charge in [0.2, 0.25) is 0 Å². The van der Waals surface area contributed by atoms with Crippen LogP contribution >= 0.6 is 11.6 Å². The third-order valence-electron chi connectivity index (χ3n) is 2.16. The first-order chi connectivity index (χ1) is 7.24. The summed E-state index contributed by atoms with van der Waals surface area (Å²) >= 11 is 5.90. The Bertz CT molecular complexity index is 525. The van der Waals surface area contributed by atoms with Crippen molar-refractivity contribution in [3.8, 4) is 5.75 Å². The predicted octanol–water partition coefficient (Wildman–Crippen LogP) is 2.89. The van der Waals surface area contributed by atoms with Crippen molar-refractivity contribution in [1.29, 1.82) is 5.41 Å². The molecule has 0 saturated carbocycles. The van der Waals surface area contributed by atoms with Crippen LogP contribution in [0.15, 0.2) is 24.3 Å². The highest BCUT2D eigenvalue weighted by molar-refractivity contribution is 6.32. The number of benzene rings is 1. The van der Waals surface area contributed by atoms with Gasteiger partial charge < -0.3 is 10.1 Å². The first-order valence-corrected chi connectivity index (χ1v) is 4.77. The van der Waals surface area contributed by atoms with Crippen molar-refractivity contribution in [2.45, 2.75) is 0 Å². The lowest BCUT2D eigenvalue weighted by molar-refractivity contribution is 0.415. The molecule has 76 valence electrons. The molecule has 0 amide bonds. The van der Waals surface area contributed by atoms with Crippen molar-refractivity contribution in [1.82, 2.24) is 4.98 Å². The molecule has 1 aromatic heterocycles. The lowest BCUT2D eigenvalue weighted by Gasteiger charge is -2.03. The van der Waals surface area contributed by atoms with E-state index in [9.17, 15) is 0 Å². The SMILES string of the molecule is COc1ccc2cc(C=N)c(Cl)nc2c1. The molecule has 0 aliphatic heterocycles. The van der Waals surface area contributed by atoms with Gasteiger partial charge in [-0.15, -0.1) is 0 Å². The Morgan fingerprint density at radius 2 is 2.20 bits per heavy atom. The number of aromatic nitrogens is 1. The highest BCUT2D eigenvalue weighted by atomic mass is 35.5. The second-order valence-electron chi connectivity index (χ2n) is 3.07. The Morgan fingerprint density at radius 1 is 1.40 bits per heavy atom. The number of hydrogen-bond donors (Lipinski definition) is 1. The van der Waals surface area contributed by atoms with Gasteiger partial charge in [-0.25, -0.2) is 4.98 Å². The standard InChI is InChI=1S/C11H9ClN2O/c1-15-9-3-2-7-4-8(6-13)11(12)14-10(7)5-9/h2-6,13H,1H3. The zero-order valence-corrected chi connectivity index (χ0v) is 8.88. The maximum atomic E-state index is 7.16. The molecule has 0 radical (unpaired) electrons. The van der Waals surface area contributed by atoms with Gasteiger partial charge in [0.15, 0.2) is 0 Å². The molecule has 0 aliphatic rings. The van der Waals surface area contributed by atoms with Crippen LogP contribution in [0.3, 0.4) is 0 Å². The third-order valence-corrected chi connectivity index (χ3v) is 2.46. The molecule has 1 aromatic carbocycles. The third kappa shape index (κ3) is 1.78. The number of fused-ring (bicyclic) bond motifs is 1. The van der Waals surface area contributed by atoms with E-state index < -0.39 is 0 Å². The summed E-state index contributed by atoms with van der Waals surface area (Å²) in [6, 6.07) is 7.39. The summed E-state index contributed by atoms with van der Waals surface area (Å²) in [6.45, 7) is 0. The average molecular weight is 221 g/mol. The van der Waals surface area contributed by atoms with Gasteiger partial charge in [-0.1, -0.05) is 11.6 Å². The van der Waals surface area contributed by atoms with Gasteiger partial charge in [0, 0.05) is 23.2 Å². The van der Waals surface area contributed by atoms with E-state index in [0.29, 0.717) is 10.7 Å². The zero-order chi connectivity index (χ0) is 10.8. The van der Waals surface area contributed by atoms with Gasteiger partial charge in [-0.3, -0.25) is 0 Å². The van der Waals surface area contributed by atoms with Gasteiger partial charge >= 0.3 is 0 Å². The van der Waals surface area contributed by atoms with Crippen molar-refractivity contribution in [3.63, 3.8) is 0 Å². The Hall–Kier alpha value is -1.61. The molecule has 0 atom stereocenters. The van der Waals surface area contributed by atoms with Crippen molar-refractivity contribution in [2.75, 3.05) is 7.11 Å². The highest BCUT2D eigenvalue weighted by Gasteiger charge is 2.03. The second-order valence-corrected chi connectivity index (χ2v) is 3.43. The predicted molar refractivity (Wildman–Crippen MR) is 61.2 cm³/mol. The van der Waals surface area contributed by atoms with E-state index in [-0.39, 0.29) is 0 Å². The van der Waals surface area contributed by atoms with Gasteiger partial charge in [0.1, 0.15) is 10.9 Å². The maximum absolute atomic E-state index is 7.16. The number of pyridine rings is 1. The molecular formula is C11H9ClN2O. The minimum atomic E-state index is 0.339. The van der Waals surface area contributed by atoms with E-state index in [1.807, 2.05) is 24.3 Å². The largest absolute Gasteiger partial charge is 0.497 e. The quantitative estimate of drug-likeness (QED) is 0.625. The molecule has 0 bridgehead atoms. The highest BCUT2D eigenvalue weighted by Crippen LogP contribution is 2.23. The van der Waals surface area contributed by atoms with Crippen LogP contribution in [-0.2, 0) is 0 Å². The van der Waals surface area contributed by atoms with Gasteiger partial charge in [-0.2, -0.15) is 0 Å². The van der Waals surface area contributed by atoms with Crippen molar-refractivity contribution in [3.05, 3.63) is 35.0 Å². The van der Waals surface area contributed by atoms with Crippen LogP contribution in [0.1, 0.15) is 5.56 Å². The second kappa shape index (κ2) is 3.87. The average Bonchev–Trinajstić information content (AvgIpc) is 2.27. The fourth-order valence-corrected chi connectivity index (χ4v) is 1.57. The van der Waals surface area contributed by atoms with Gasteiger partial charge in [0.25, 0.3) is 0 Å². The molecule has 4 heteroatoms. The van der Waals surface area contributed by atoms with Gasteiger partial charge in [0.05, 0.1) is 12.6 Å². The van der Waals surface area contributed by atoms with Crippen LogP contribution in [0.25, 0.3) is 10.9 Å². The minimum absolute atomic E-state index is 0.339. The summed E-state index contributed by atoms with van der Waals surface area (Å²) in [5, 5.41) is 8.45. The number of nitrogens with one attached hydrogen (secondary N) is 1. The summed E-state index contributed by atoms with van der Waals surface area (Å²) in [5.41, 5.74) is 1.39. The van der Waals surface area contributed by atoms with Crippen LogP contribution in [0.4, 0.5) is 0 Å². The molecule has 0 spiro atoms. The molecule has 15 heavy (non-hydrogen) atoms. The Labute approximate surface area is 92.2 Å². The Balaban J connectivity index is 2.70. The lowest BCUT2D eigenvalue weighted by atomic mass is 10.1. The summed E-state index contributed by atoms with van der Waals surface area (Å²) in [7, 11) is 1.61. The smallest absolute Gasteiger partial charge is 0.138 e. The molecule has 0 aliphatic carbocycles. The van der Waals surface area contributed by atoms with Crippen molar-refractivity contribution in [2.24, 2.45) is 0 Å². The van der Waals surface area contributed by atoms with Crippen LogP contribution < -0.4 is 4.74 Å². The number of methoxy groups -OCH3 is 1. The van der Waals surface area contributed by atoms with E-state index >= 15 is 0 Å². The minimum Gasteiger partial charge on any atom is -0.497 e. The molecular weight excluding hydrogens is 212 g/mol. The van der Waals surface area contributed by atoms with Crippen LogP contribution in [0, 0.1) is 5.41 Å². The van der Waals surface area contributed by atoms with Crippen LogP contribution in [0.5, 0.6) is 5.75 Å². The fraction of sp³-hybridized carbons (Fsp3) is 0.0909. The number of nitrogens with zero attached hydrogens (tertiary/aromatic N) is 1. The van der Waals surface area contributed by atoms with E-state index in [1.165, 1.54) is 6.21 Å². The summed E-state index contributed by atoms with van der Waals surface area (Å²) in [4.78, 5) is 4.19. The molecule has 2 rings (SSSR count). The number of ether oxygens (including phenoxy) is 1. The normalized spacial score (nSPS) is 10.3. The van der Waals surface area contributed by atoms with Crippen molar-refractivity contribution < 1.29 is 4.74 Å². The van der Waals surface area contributed by atoms with E-state index in [2.05, 4.69) is 4.98 Å². The molecule has 1 heterocycles. The molecule has 0 saturated heterocycles. The fourth-order valence-electron chi connectivity index (χ4n) is 1.37. The Morgan fingerprint density at radius 3 is 2.87 bits per heavy atom. The first-order valence-electron chi connectivity index (χ1n) is 4.39. The molecule has 2 aromatic rings. The molecule has 3 nitrogen and oxygen atoms in total. The molecule has 0 fully saturated rings. The lowest BCUT2D eigenvalue weighted by Crippen LogP contribution is -1.89. The zero-order valence-electron chi connectivity index (χ0n) is 8.12. The van der Waals surface area contributed by atoms with Gasteiger partial charge in [-0.05, 0) is 18.2 Å². The van der Waals surface area contributed by atoms with Crippen LogP contribution in [-0.4, -0.2) is 18.3 Å². The van der Waals surface area contributed by atoms with E-state index in [0.717, 1.165) is 16.7 Å². The van der Waals surface area contributed by atoms with Crippen LogP contribution in [0.2, 0.25) is 5.15 Å². The number of halogens is 1. The van der Waals surface area contributed by atoms with Crippen molar-refractivity contribution >= 4 is 28.7 Å². The number of rotatable bonds is 2. The summed E-state index contributed by atoms with van der Waals surface area (Å²) in [6.07, 6.45) is 1.19. The van der Waals surface area contributed by atoms with E-state index in [1.54, 1.807) is 7.11 Å².